The van der Waals surface area contributed by atoms with Crippen molar-refractivity contribution in [2.75, 3.05) is 6.61 Å². The summed E-state index contributed by atoms with van der Waals surface area (Å²) >= 11 is 0. The van der Waals surface area contributed by atoms with E-state index in [1.807, 2.05) is 0 Å². The van der Waals surface area contributed by atoms with E-state index in [0.717, 1.165) is 25.7 Å². The second-order valence-corrected chi connectivity index (χ2v) is 9.24. The number of carboxylic acid groups (broad SMARTS) is 1. The molecule has 0 heterocycles. The summed E-state index contributed by atoms with van der Waals surface area (Å²) in [7, 11) is 0. The molecule has 0 aliphatic heterocycles. The van der Waals surface area contributed by atoms with Crippen LogP contribution in [0.3, 0.4) is 0 Å². The van der Waals surface area contributed by atoms with E-state index in [1.165, 1.54) is 25.3 Å². The van der Waals surface area contributed by atoms with Crippen molar-refractivity contribution in [3.05, 3.63) is 11.6 Å². The monoisotopic (exact) mass is 364 g/mol. The molecule has 2 aliphatic carbocycles. The summed E-state index contributed by atoms with van der Waals surface area (Å²) in [6.45, 7) is 11.1. The highest BCUT2D eigenvalue weighted by molar-refractivity contribution is 5.67. The number of aliphatic carboxylic acids is 1. The van der Waals surface area contributed by atoms with Crippen LogP contribution in [0.15, 0.2) is 11.6 Å². The van der Waals surface area contributed by atoms with Crippen molar-refractivity contribution in [2.45, 2.75) is 79.6 Å². The van der Waals surface area contributed by atoms with Crippen molar-refractivity contribution < 1.29 is 19.4 Å². The van der Waals surface area contributed by atoms with Gasteiger partial charge in [0.2, 0.25) is 0 Å². The smallest absolute Gasteiger partial charge is 0.303 e. The Kier molecular flexibility index (Phi) is 6.57. The van der Waals surface area contributed by atoms with E-state index >= 15 is 0 Å². The molecule has 4 nitrogen and oxygen atoms in total. The highest BCUT2D eigenvalue weighted by atomic mass is 16.5. The molecule has 0 saturated heterocycles. The zero-order chi connectivity index (χ0) is 19.5. The predicted molar refractivity (Wildman–Crippen MR) is 103 cm³/mol. The Morgan fingerprint density at radius 3 is 2.65 bits per heavy atom. The van der Waals surface area contributed by atoms with Crippen molar-refractivity contribution >= 4 is 11.9 Å². The predicted octanol–water partition coefficient (Wildman–Crippen LogP) is 5.22. The quantitative estimate of drug-likeness (QED) is 0.497. The van der Waals surface area contributed by atoms with Crippen molar-refractivity contribution in [1.82, 2.24) is 0 Å². The van der Waals surface area contributed by atoms with Gasteiger partial charge >= 0.3 is 11.9 Å². The number of hydrogen-bond acceptors (Lipinski definition) is 3. The Labute approximate surface area is 158 Å². The maximum atomic E-state index is 11.3. The molecule has 1 fully saturated rings. The number of carbonyl (C=O) groups excluding carboxylic acids is 1. The fourth-order valence-corrected chi connectivity index (χ4v) is 5.56. The lowest BCUT2D eigenvalue weighted by Crippen LogP contribution is -2.50. The minimum atomic E-state index is -0.701. The zero-order valence-corrected chi connectivity index (χ0v) is 17.1. The fourth-order valence-electron chi connectivity index (χ4n) is 5.56. The first-order valence-electron chi connectivity index (χ1n) is 10.1. The number of rotatable bonds is 7. The van der Waals surface area contributed by atoms with Gasteiger partial charge < -0.3 is 9.84 Å². The average molecular weight is 365 g/mol. The van der Waals surface area contributed by atoms with Gasteiger partial charge in [-0.15, -0.1) is 0 Å². The molecule has 1 saturated carbocycles. The topological polar surface area (TPSA) is 63.6 Å². The van der Waals surface area contributed by atoms with Crippen molar-refractivity contribution in [1.29, 1.82) is 0 Å². The van der Waals surface area contributed by atoms with Gasteiger partial charge in [0.1, 0.15) is 6.61 Å². The zero-order valence-electron chi connectivity index (χ0n) is 17.1. The van der Waals surface area contributed by atoms with E-state index in [-0.39, 0.29) is 29.1 Å². The van der Waals surface area contributed by atoms with Crippen LogP contribution < -0.4 is 0 Å². The van der Waals surface area contributed by atoms with Crippen LogP contribution in [0, 0.1) is 28.6 Å². The fraction of sp³-hybridized carbons (Fsp3) is 0.818. The van der Waals surface area contributed by atoms with Gasteiger partial charge in [0, 0.05) is 13.3 Å². The van der Waals surface area contributed by atoms with Crippen LogP contribution in [-0.2, 0) is 14.3 Å². The summed E-state index contributed by atoms with van der Waals surface area (Å²) in [4.78, 5) is 22.3. The molecule has 5 atom stereocenters. The molecule has 0 radical (unpaired) electrons. The van der Waals surface area contributed by atoms with Gasteiger partial charge in [0.05, 0.1) is 0 Å². The third kappa shape index (κ3) is 4.32. The number of carboxylic acids is 1. The Morgan fingerprint density at radius 2 is 2.04 bits per heavy atom. The lowest BCUT2D eigenvalue weighted by atomic mass is 9.46. The van der Waals surface area contributed by atoms with Gasteiger partial charge in [-0.3, -0.25) is 9.59 Å². The van der Waals surface area contributed by atoms with Gasteiger partial charge in [-0.2, -0.15) is 0 Å². The normalized spacial score (nSPS) is 35.2. The summed E-state index contributed by atoms with van der Waals surface area (Å²) in [6.07, 6.45) is 9.12. The molecule has 148 valence electrons. The van der Waals surface area contributed by atoms with Crippen LogP contribution in [0.2, 0.25) is 0 Å². The Bertz CT molecular complexity index is 566. The highest BCUT2D eigenvalue weighted by Crippen LogP contribution is 2.62. The highest BCUT2D eigenvalue weighted by Gasteiger charge is 2.53. The first-order valence-corrected chi connectivity index (χ1v) is 10.1. The molecule has 26 heavy (non-hydrogen) atoms. The molecule has 0 bridgehead atoms. The molecule has 2 aliphatic rings. The molecule has 0 spiro atoms. The number of fused-ring (bicyclic) bond motifs is 1. The number of allylic oxidation sites excluding steroid dienone is 1. The summed E-state index contributed by atoms with van der Waals surface area (Å²) in [6, 6.07) is 0. The molecule has 0 aromatic heterocycles. The van der Waals surface area contributed by atoms with Crippen molar-refractivity contribution in [3.8, 4) is 0 Å². The Morgan fingerprint density at radius 1 is 1.35 bits per heavy atom. The minimum absolute atomic E-state index is 0.0883. The minimum Gasteiger partial charge on any atom is -0.481 e. The molecule has 1 N–H and O–H groups in total. The number of hydrogen-bond donors (Lipinski definition) is 1. The third-order valence-corrected chi connectivity index (χ3v) is 7.50. The first kappa shape index (κ1) is 21.0. The van der Waals surface area contributed by atoms with Gasteiger partial charge in [-0.05, 0) is 72.7 Å². The Hall–Kier alpha value is -1.32. The average Bonchev–Trinajstić information content (AvgIpc) is 2.55. The third-order valence-electron chi connectivity index (χ3n) is 7.50. The number of carbonyl (C=O) groups is 2. The number of esters is 1. The van der Waals surface area contributed by atoms with E-state index in [0.29, 0.717) is 18.4 Å². The Balaban J connectivity index is 2.18. The molecule has 2 unspecified atom stereocenters. The molecule has 2 rings (SSSR count). The van der Waals surface area contributed by atoms with E-state index in [4.69, 9.17) is 9.84 Å². The molecule has 0 amide bonds. The lowest BCUT2D eigenvalue weighted by Gasteiger charge is -2.58. The summed E-state index contributed by atoms with van der Waals surface area (Å²) in [5.41, 5.74) is 1.58. The van der Waals surface area contributed by atoms with Gasteiger partial charge in [0.15, 0.2) is 0 Å². The largest absolute Gasteiger partial charge is 0.481 e. The van der Waals surface area contributed by atoms with Crippen LogP contribution in [-0.4, -0.2) is 23.7 Å². The summed E-state index contributed by atoms with van der Waals surface area (Å²) in [5.74, 6) is 0.487. The second kappa shape index (κ2) is 8.14. The molecular formula is C22H36O4. The van der Waals surface area contributed by atoms with Gasteiger partial charge in [0.25, 0.3) is 0 Å². The van der Waals surface area contributed by atoms with Crippen molar-refractivity contribution in [3.63, 3.8) is 0 Å². The van der Waals surface area contributed by atoms with Gasteiger partial charge in [-0.25, -0.2) is 0 Å². The van der Waals surface area contributed by atoms with Crippen molar-refractivity contribution in [2.24, 2.45) is 28.6 Å². The van der Waals surface area contributed by atoms with Crippen LogP contribution in [0.4, 0.5) is 0 Å². The van der Waals surface area contributed by atoms with E-state index < -0.39 is 5.97 Å². The van der Waals surface area contributed by atoms with E-state index in [2.05, 4.69) is 33.8 Å². The standard InChI is InChI=1S/C22H36O4/c1-15(13-20(24)25)9-11-21(4)16(2)10-12-22(5)18(14-26-17(3)23)7-6-8-19(21)22/h7,15-16,19H,6,8-14H2,1-5H3,(H,24,25)/t15?,16-,19?,21+,22+/m1/s1. The maximum absolute atomic E-state index is 11.3. The van der Waals surface area contributed by atoms with Crippen LogP contribution >= 0.6 is 0 Å². The molecular weight excluding hydrogens is 328 g/mol. The SMILES string of the molecule is CC(=O)OCC1=CCCC2[C@@]1(C)CC[C@@H](C)[C@]2(C)CCC(C)CC(=O)O. The van der Waals surface area contributed by atoms with Gasteiger partial charge in [-0.1, -0.05) is 33.8 Å². The summed E-state index contributed by atoms with van der Waals surface area (Å²) < 4.78 is 5.36. The molecule has 4 heteroatoms. The van der Waals surface area contributed by atoms with Crippen LogP contribution in [0.1, 0.15) is 79.6 Å². The second-order valence-electron chi connectivity index (χ2n) is 9.24. The molecule has 0 aromatic carbocycles. The number of ether oxygens (including phenoxy) is 1. The first-order chi connectivity index (χ1) is 12.1. The van der Waals surface area contributed by atoms with E-state index in [1.54, 1.807) is 0 Å². The lowest BCUT2D eigenvalue weighted by molar-refractivity contribution is -0.141. The summed E-state index contributed by atoms with van der Waals surface area (Å²) in [5, 5.41) is 9.06. The van der Waals surface area contributed by atoms with Crippen LogP contribution in [0.25, 0.3) is 0 Å². The van der Waals surface area contributed by atoms with Crippen LogP contribution in [0.5, 0.6) is 0 Å². The maximum Gasteiger partial charge on any atom is 0.303 e. The molecule has 0 aromatic rings. The van der Waals surface area contributed by atoms with E-state index in [9.17, 15) is 9.59 Å².